The summed E-state index contributed by atoms with van der Waals surface area (Å²) in [6, 6.07) is 0.324. The molecule has 1 aliphatic rings. The average Bonchev–Trinajstić information content (AvgIpc) is 2.63. The summed E-state index contributed by atoms with van der Waals surface area (Å²) in [5.41, 5.74) is 0. The molecule has 1 rings (SSSR count). The van der Waals surface area contributed by atoms with Crippen molar-refractivity contribution in [3.05, 3.63) is 0 Å². The van der Waals surface area contributed by atoms with Gasteiger partial charge < -0.3 is 14.7 Å². The summed E-state index contributed by atoms with van der Waals surface area (Å²) in [6.45, 7) is 1.23. The lowest BCUT2D eigenvalue weighted by Gasteiger charge is -2.24. The van der Waals surface area contributed by atoms with Gasteiger partial charge in [0.05, 0.1) is 0 Å². The molecule has 4 heteroatoms. The van der Waals surface area contributed by atoms with Crippen molar-refractivity contribution in [2.45, 2.75) is 31.7 Å². The van der Waals surface area contributed by atoms with Crippen LogP contribution in [0.1, 0.15) is 25.7 Å². The van der Waals surface area contributed by atoms with Crippen LogP contribution in [-0.2, 0) is 9.53 Å². The molecule has 1 unspecified atom stereocenters. The van der Waals surface area contributed by atoms with Gasteiger partial charge in [0.25, 0.3) is 0 Å². The second-order valence-corrected chi connectivity index (χ2v) is 3.68. The molecule has 0 aromatic heterocycles. The summed E-state index contributed by atoms with van der Waals surface area (Å²) >= 11 is 0. The van der Waals surface area contributed by atoms with Crippen LogP contribution in [-0.4, -0.2) is 48.8 Å². The van der Waals surface area contributed by atoms with Crippen LogP contribution in [0.4, 0.5) is 0 Å². The first-order valence-electron chi connectivity index (χ1n) is 5.19. The van der Waals surface area contributed by atoms with Crippen LogP contribution in [0.15, 0.2) is 0 Å². The molecule has 0 bridgehead atoms. The molecule has 1 saturated heterocycles. The number of likely N-dealkylation sites (tertiary alicyclic amines) is 1. The second kappa shape index (κ2) is 5.98. The lowest BCUT2D eigenvalue weighted by Crippen LogP contribution is -2.37. The highest BCUT2D eigenvalue weighted by Gasteiger charge is 2.27. The zero-order valence-electron chi connectivity index (χ0n) is 8.74. The molecule has 1 N–H and O–H groups in total. The Balaban J connectivity index is 2.38. The van der Waals surface area contributed by atoms with Gasteiger partial charge in [-0.1, -0.05) is 0 Å². The molecule has 0 saturated carbocycles. The number of nitrogens with zero attached hydrogens (tertiary/aromatic N) is 1. The van der Waals surface area contributed by atoms with Crippen molar-refractivity contribution in [2.75, 3.05) is 26.9 Å². The third-order valence-electron chi connectivity index (χ3n) is 2.66. The molecular weight excluding hydrogens is 182 g/mol. The smallest absolute Gasteiger partial charge is 0.248 e. The minimum absolute atomic E-state index is 0.0768. The predicted molar refractivity (Wildman–Crippen MR) is 52.9 cm³/mol. The summed E-state index contributed by atoms with van der Waals surface area (Å²) in [5.74, 6) is 0.0768. The summed E-state index contributed by atoms with van der Waals surface area (Å²) in [4.78, 5) is 13.4. The van der Waals surface area contributed by atoms with E-state index in [-0.39, 0.29) is 19.1 Å². The van der Waals surface area contributed by atoms with E-state index >= 15 is 0 Å². The van der Waals surface area contributed by atoms with Crippen LogP contribution in [0.3, 0.4) is 0 Å². The number of ether oxygens (including phenoxy) is 1. The Morgan fingerprint density at radius 3 is 3.07 bits per heavy atom. The van der Waals surface area contributed by atoms with E-state index in [1.54, 1.807) is 0 Å². The van der Waals surface area contributed by atoms with E-state index in [9.17, 15) is 4.79 Å². The van der Waals surface area contributed by atoms with Crippen LogP contribution in [0.25, 0.3) is 0 Å². The topological polar surface area (TPSA) is 49.8 Å². The summed E-state index contributed by atoms with van der Waals surface area (Å²) in [6.07, 6.45) is 3.83. The van der Waals surface area contributed by atoms with Crippen molar-refractivity contribution in [3.8, 4) is 0 Å². The van der Waals surface area contributed by atoms with Gasteiger partial charge in [-0.05, 0) is 25.7 Å². The molecule has 0 aliphatic carbocycles. The van der Waals surface area contributed by atoms with Crippen LogP contribution < -0.4 is 0 Å². The highest BCUT2D eigenvalue weighted by molar-refractivity contribution is 5.78. The maximum Gasteiger partial charge on any atom is 0.248 e. The Labute approximate surface area is 84.8 Å². The number of hydrogen-bond donors (Lipinski definition) is 1. The van der Waals surface area contributed by atoms with E-state index in [4.69, 9.17) is 9.84 Å². The van der Waals surface area contributed by atoms with Gasteiger partial charge in [-0.2, -0.15) is 0 Å². The van der Waals surface area contributed by atoms with Crippen molar-refractivity contribution in [3.63, 3.8) is 0 Å². The fourth-order valence-corrected chi connectivity index (χ4v) is 2.00. The molecule has 0 spiro atoms. The number of carbonyl (C=O) groups excluding carboxylic acids is 1. The Morgan fingerprint density at radius 1 is 1.64 bits per heavy atom. The van der Waals surface area contributed by atoms with E-state index in [0.29, 0.717) is 6.04 Å². The Hall–Kier alpha value is -0.610. The van der Waals surface area contributed by atoms with Crippen LogP contribution in [0.5, 0.6) is 0 Å². The molecule has 1 atom stereocenters. The van der Waals surface area contributed by atoms with Gasteiger partial charge in [0.2, 0.25) is 5.91 Å². The Morgan fingerprint density at radius 2 is 2.43 bits per heavy atom. The van der Waals surface area contributed by atoms with Crippen molar-refractivity contribution in [2.24, 2.45) is 0 Å². The van der Waals surface area contributed by atoms with Gasteiger partial charge in [-0.15, -0.1) is 0 Å². The first-order chi connectivity index (χ1) is 6.79. The lowest BCUT2D eigenvalue weighted by atomic mass is 10.1. The number of aliphatic hydroxyl groups excluding tert-OH is 1. The van der Waals surface area contributed by atoms with Gasteiger partial charge in [-0.3, -0.25) is 4.79 Å². The molecule has 0 aromatic rings. The minimum atomic E-state index is 0.0768. The van der Waals surface area contributed by atoms with Crippen LogP contribution in [0.2, 0.25) is 0 Å². The van der Waals surface area contributed by atoms with Crippen molar-refractivity contribution >= 4 is 5.91 Å². The van der Waals surface area contributed by atoms with Gasteiger partial charge in [-0.25, -0.2) is 0 Å². The third kappa shape index (κ3) is 2.96. The zero-order valence-corrected chi connectivity index (χ0v) is 8.74. The zero-order chi connectivity index (χ0) is 10.4. The average molecular weight is 201 g/mol. The van der Waals surface area contributed by atoms with E-state index in [1.807, 2.05) is 4.90 Å². The fourth-order valence-electron chi connectivity index (χ4n) is 2.00. The molecule has 1 fully saturated rings. The number of amides is 1. The van der Waals surface area contributed by atoms with Crippen LogP contribution >= 0.6 is 0 Å². The van der Waals surface area contributed by atoms with Gasteiger partial charge in [0, 0.05) is 26.3 Å². The quantitative estimate of drug-likeness (QED) is 0.700. The first kappa shape index (κ1) is 11.5. The molecule has 4 nitrogen and oxygen atoms in total. The molecule has 0 aromatic carbocycles. The second-order valence-electron chi connectivity index (χ2n) is 3.68. The lowest BCUT2D eigenvalue weighted by molar-refractivity contribution is -0.136. The molecular formula is C10H19NO3. The standard InChI is InChI=1S/C10H19NO3/c1-14-8-10(13)11-6-2-4-9(11)5-3-7-12/h9,12H,2-8H2,1H3. The fraction of sp³-hybridized carbons (Fsp3) is 0.900. The van der Waals surface area contributed by atoms with Crippen molar-refractivity contribution in [1.29, 1.82) is 0 Å². The van der Waals surface area contributed by atoms with Gasteiger partial charge in [0.1, 0.15) is 6.61 Å². The Bertz CT molecular complexity index is 184. The predicted octanol–water partition coefficient (Wildman–Crippen LogP) is 0.396. The largest absolute Gasteiger partial charge is 0.396 e. The molecule has 1 aliphatic heterocycles. The van der Waals surface area contributed by atoms with Crippen LogP contribution in [0, 0.1) is 0 Å². The molecule has 14 heavy (non-hydrogen) atoms. The first-order valence-corrected chi connectivity index (χ1v) is 5.19. The third-order valence-corrected chi connectivity index (χ3v) is 2.66. The van der Waals surface area contributed by atoms with E-state index < -0.39 is 0 Å². The summed E-state index contributed by atoms with van der Waals surface area (Å²) in [7, 11) is 1.54. The van der Waals surface area contributed by atoms with E-state index in [1.165, 1.54) is 7.11 Å². The van der Waals surface area contributed by atoms with Crippen molar-refractivity contribution < 1.29 is 14.6 Å². The number of rotatable bonds is 5. The monoisotopic (exact) mass is 201 g/mol. The SMILES string of the molecule is COCC(=O)N1CCCC1CCCO. The normalized spacial score (nSPS) is 21.6. The molecule has 1 amide bonds. The number of carbonyl (C=O) groups is 1. The van der Waals surface area contributed by atoms with E-state index in [2.05, 4.69) is 0 Å². The highest BCUT2D eigenvalue weighted by Crippen LogP contribution is 2.21. The number of methoxy groups -OCH3 is 1. The van der Waals surface area contributed by atoms with Gasteiger partial charge >= 0.3 is 0 Å². The highest BCUT2D eigenvalue weighted by atomic mass is 16.5. The maximum absolute atomic E-state index is 11.6. The van der Waals surface area contributed by atoms with Crippen molar-refractivity contribution in [1.82, 2.24) is 4.90 Å². The maximum atomic E-state index is 11.6. The number of hydrogen-bond acceptors (Lipinski definition) is 3. The van der Waals surface area contributed by atoms with E-state index in [0.717, 1.165) is 32.2 Å². The number of aliphatic hydroxyl groups is 1. The van der Waals surface area contributed by atoms with Gasteiger partial charge in [0.15, 0.2) is 0 Å². The minimum Gasteiger partial charge on any atom is -0.396 e. The summed E-state index contributed by atoms with van der Waals surface area (Å²) in [5, 5.41) is 8.73. The Kier molecular flexibility index (Phi) is 4.90. The molecule has 1 heterocycles. The summed E-state index contributed by atoms with van der Waals surface area (Å²) < 4.78 is 4.83. The molecule has 82 valence electrons. The molecule has 0 radical (unpaired) electrons.